The zero-order chi connectivity index (χ0) is 53.2. The Morgan fingerprint density at radius 3 is 0.294 bits per heavy atom. The van der Waals surface area contributed by atoms with Crippen molar-refractivity contribution in [1.29, 1.82) is 0 Å². The molecule has 0 amide bonds. The zero-order valence-corrected chi connectivity index (χ0v) is 39.5. The molecule has 0 fully saturated rings. The summed E-state index contributed by atoms with van der Waals surface area (Å²) in [5, 5.41) is 195. The van der Waals surface area contributed by atoms with Gasteiger partial charge in [-0.3, -0.25) is 0 Å². The van der Waals surface area contributed by atoms with Crippen LogP contribution in [-0.2, 0) is 139 Å². The SMILES string of the molecule is O=C([O-])CC(O)(CC(=O)[O-])C(=O)[O-].O=C([O-])CC(O)(CC(=O)[O-])C(=O)[O-].O=C([O-])CC(O)(CC(=O)[O-])C(=O)[O-].O=C([O-])CC(O)(CC(=O)[O-])C(=O)[O-].O=C([O-])CC(O)(CC(=O)[O-])C(=O)[O-].[Nb+5].[Nb+5].[Nb+5]. The predicted octanol–water partition coefficient (Wildman–Crippen LogP) is -26.3. The molecule has 0 spiro atoms. The number of aliphatic carboxylic acids is 15. The monoisotopic (exact) mass is 1220 g/mol. The predicted molar refractivity (Wildman–Crippen MR) is 146 cm³/mol. The Morgan fingerprint density at radius 1 is 0.206 bits per heavy atom. The molecule has 0 radical (unpaired) electrons. The maximum atomic E-state index is 10.1. The summed E-state index contributed by atoms with van der Waals surface area (Å²) in [6, 6.07) is 0. The van der Waals surface area contributed by atoms with Gasteiger partial charge in [0.25, 0.3) is 0 Å². The summed E-state index contributed by atoms with van der Waals surface area (Å²) in [6.07, 6.45) is -13.6. The van der Waals surface area contributed by atoms with Crippen molar-refractivity contribution >= 4 is 89.5 Å². The molecule has 0 aliphatic heterocycles. The molecule has 38 heteroatoms. The van der Waals surface area contributed by atoms with Gasteiger partial charge in [-0.2, -0.15) is 0 Å². The molecule has 0 aromatic heterocycles. The molecular weight excluding hydrogens is 1200 g/mol. The third-order valence-corrected chi connectivity index (χ3v) is 6.27. The van der Waals surface area contributed by atoms with Crippen LogP contribution >= 0.6 is 0 Å². The van der Waals surface area contributed by atoms with Gasteiger partial charge in [-0.25, -0.2) is 0 Å². The molecule has 35 nitrogen and oxygen atoms in total. The smallest absolute Gasteiger partial charge is 0.550 e. The van der Waals surface area contributed by atoms with Gasteiger partial charge < -0.3 is 174 Å². The van der Waals surface area contributed by atoms with E-state index in [2.05, 4.69) is 0 Å². The Bertz CT molecular complexity index is 1460. The first-order chi connectivity index (χ1) is 28.9. The number of carboxylic acid groups (broad SMARTS) is 15. The molecule has 0 unspecified atom stereocenters. The number of hydrogen-bond donors (Lipinski definition) is 5. The van der Waals surface area contributed by atoms with Crippen molar-refractivity contribution in [3.05, 3.63) is 0 Å². The van der Waals surface area contributed by atoms with Crippen molar-refractivity contribution in [2.75, 3.05) is 0 Å². The fourth-order valence-electron chi connectivity index (χ4n) is 3.42. The van der Waals surface area contributed by atoms with Gasteiger partial charge in [-0.05, 0) is 0 Å². The maximum absolute atomic E-state index is 10.1. The minimum Gasteiger partial charge on any atom is -0.550 e. The van der Waals surface area contributed by atoms with Crippen molar-refractivity contribution in [2.24, 2.45) is 0 Å². The van der Waals surface area contributed by atoms with E-state index in [1.165, 1.54) is 0 Å². The normalized spacial score (nSPS) is 10.4. The van der Waals surface area contributed by atoms with Crippen LogP contribution in [0.5, 0.6) is 0 Å². The van der Waals surface area contributed by atoms with Crippen LogP contribution in [0.4, 0.5) is 0 Å². The molecule has 370 valence electrons. The van der Waals surface area contributed by atoms with E-state index in [1.807, 2.05) is 0 Å². The molecule has 0 atom stereocenters. The van der Waals surface area contributed by atoms with Crippen LogP contribution in [0.3, 0.4) is 0 Å². The van der Waals surface area contributed by atoms with Gasteiger partial charge in [0.1, 0.15) is 28.0 Å². The average Bonchev–Trinajstić information content (AvgIpc) is 3.01. The second-order valence-corrected chi connectivity index (χ2v) is 12.1. The number of carboxylic acids is 15. The van der Waals surface area contributed by atoms with Crippen LogP contribution in [0.2, 0.25) is 0 Å². The molecule has 0 aromatic carbocycles. The molecule has 68 heavy (non-hydrogen) atoms. The van der Waals surface area contributed by atoms with Crippen molar-refractivity contribution in [3.8, 4) is 0 Å². The minimum absolute atomic E-state index is 0. The molecule has 0 heterocycles. The van der Waals surface area contributed by atoms with E-state index >= 15 is 0 Å². The molecule has 0 saturated heterocycles. The first kappa shape index (κ1) is 79.2. The summed E-state index contributed by atoms with van der Waals surface area (Å²) in [4.78, 5) is 150. The van der Waals surface area contributed by atoms with Gasteiger partial charge in [-0.15, -0.1) is 0 Å². The van der Waals surface area contributed by atoms with E-state index in [4.69, 9.17) is 25.5 Å². The van der Waals surface area contributed by atoms with Crippen molar-refractivity contribution in [3.63, 3.8) is 0 Å². The third kappa shape index (κ3) is 38.2. The Hall–Kier alpha value is -5.93. The number of hydrogen-bond acceptors (Lipinski definition) is 35. The molecule has 5 N–H and O–H groups in total. The largest absolute Gasteiger partial charge is 5.00 e. The summed E-state index contributed by atoms with van der Waals surface area (Å²) in [5.74, 6) is -29.9. The summed E-state index contributed by atoms with van der Waals surface area (Å²) < 4.78 is 0. The number of carbonyl (C=O) groups excluding carboxylic acids is 15. The van der Waals surface area contributed by atoms with Gasteiger partial charge in [0.2, 0.25) is 0 Å². The molecular formula is C30H25Nb3O35. The average molecular weight is 1220 g/mol. The van der Waals surface area contributed by atoms with Crippen LogP contribution in [0.25, 0.3) is 0 Å². The summed E-state index contributed by atoms with van der Waals surface area (Å²) in [7, 11) is 0. The molecule has 0 bridgehead atoms. The summed E-state index contributed by atoms with van der Waals surface area (Å²) in [5.41, 5.74) is -14.9. The molecule has 0 aliphatic carbocycles. The Labute approximate surface area is 421 Å². The quantitative estimate of drug-likeness (QED) is 0.0530. The Kier molecular flexibility index (Phi) is 41.0. The molecule has 0 aromatic rings. The van der Waals surface area contributed by atoms with Gasteiger partial charge in [-0.1, -0.05) is 0 Å². The molecule has 0 saturated carbocycles. The first-order valence-electron chi connectivity index (χ1n) is 15.6. The number of aliphatic hydroxyl groups is 5. The topological polar surface area (TPSA) is 703 Å². The van der Waals surface area contributed by atoms with E-state index in [9.17, 15) is 149 Å². The van der Waals surface area contributed by atoms with Crippen LogP contribution in [-0.4, -0.2) is 143 Å². The second kappa shape index (κ2) is 35.2. The van der Waals surface area contributed by atoms with Gasteiger partial charge in [0.05, 0.1) is 29.8 Å². The summed E-state index contributed by atoms with van der Waals surface area (Å²) >= 11 is 0. The van der Waals surface area contributed by atoms with Crippen molar-refractivity contribution in [2.45, 2.75) is 92.2 Å². The Balaban J connectivity index is -0.000000109. The fraction of sp³-hybridized carbons (Fsp3) is 0.500. The van der Waals surface area contributed by atoms with E-state index in [0.717, 1.165) is 0 Å². The van der Waals surface area contributed by atoms with Crippen LogP contribution in [0, 0.1) is 0 Å². The number of rotatable bonds is 25. The van der Waals surface area contributed by atoms with Gasteiger partial charge in [0, 0.05) is 124 Å². The van der Waals surface area contributed by atoms with Gasteiger partial charge >= 0.3 is 67.1 Å². The summed E-state index contributed by atoms with van der Waals surface area (Å²) in [6.45, 7) is 0. The fourth-order valence-corrected chi connectivity index (χ4v) is 3.42. The van der Waals surface area contributed by atoms with Crippen molar-refractivity contribution in [1.82, 2.24) is 0 Å². The minimum atomic E-state index is -2.97. The van der Waals surface area contributed by atoms with Crippen LogP contribution in [0.1, 0.15) is 64.2 Å². The first-order valence-corrected chi connectivity index (χ1v) is 15.6. The zero-order valence-electron chi connectivity index (χ0n) is 32.9. The maximum Gasteiger partial charge on any atom is 5.00 e. The van der Waals surface area contributed by atoms with E-state index in [1.54, 1.807) is 0 Å². The van der Waals surface area contributed by atoms with Gasteiger partial charge in [0.15, 0.2) is 0 Å². The standard InChI is InChI=1S/5C6H8O7.3Nb/c5*7-3(8)1-6(13,5(11)12)2-4(9)10;;;/h5*13H,1-2H2,(H,7,8)(H,9,10)(H,11,12);;;/q;;;;;3*+5/p-15. The molecule has 0 aliphatic rings. The van der Waals surface area contributed by atoms with E-state index in [0.29, 0.717) is 0 Å². The third-order valence-electron chi connectivity index (χ3n) is 6.27. The Morgan fingerprint density at radius 2 is 0.265 bits per heavy atom. The second-order valence-electron chi connectivity index (χ2n) is 12.1. The molecule has 0 rings (SSSR count). The van der Waals surface area contributed by atoms with Crippen LogP contribution in [0.15, 0.2) is 0 Å². The van der Waals surface area contributed by atoms with E-state index < -0.39 is 182 Å². The van der Waals surface area contributed by atoms with Crippen molar-refractivity contribution < 1.29 is 241 Å². The van der Waals surface area contributed by atoms with E-state index in [-0.39, 0.29) is 67.1 Å². The van der Waals surface area contributed by atoms with Crippen LogP contribution < -0.4 is 76.6 Å². The number of carbonyl (C=O) groups is 15.